The van der Waals surface area contributed by atoms with E-state index in [-0.39, 0.29) is 0 Å². The van der Waals surface area contributed by atoms with E-state index in [0.29, 0.717) is 24.5 Å². The summed E-state index contributed by atoms with van der Waals surface area (Å²) in [5.74, 6) is 0. The van der Waals surface area contributed by atoms with Crippen LogP contribution in [-0.4, -0.2) is 38.1 Å². The molecule has 0 bridgehead atoms. The van der Waals surface area contributed by atoms with E-state index in [4.69, 9.17) is 0 Å². The largest absolute Gasteiger partial charge is 0.379 e. The molecule has 0 radical (unpaired) electrons. The molecule has 1 aromatic carbocycles. The molecule has 5 nitrogen and oxygen atoms in total. The lowest BCUT2D eigenvalue weighted by Gasteiger charge is -2.17. The molecule has 94 valence electrons. The van der Waals surface area contributed by atoms with Crippen LogP contribution in [0.3, 0.4) is 0 Å². The van der Waals surface area contributed by atoms with Crippen LogP contribution in [0.15, 0.2) is 22.2 Å². The third-order valence-electron chi connectivity index (χ3n) is 2.67. The van der Waals surface area contributed by atoms with Gasteiger partial charge in [-0.2, -0.15) is 0 Å². The summed E-state index contributed by atoms with van der Waals surface area (Å²) in [6, 6.07) is 0. The van der Waals surface area contributed by atoms with E-state index in [2.05, 4.69) is 29.0 Å². The van der Waals surface area contributed by atoms with E-state index in [9.17, 15) is 9.59 Å². The quantitative estimate of drug-likeness (QED) is 0.501. The first-order chi connectivity index (χ1) is 8.11. The van der Waals surface area contributed by atoms with Gasteiger partial charge in [-0.15, -0.1) is 6.58 Å². The fourth-order valence-electron chi connectivity index (χ4n) is 1.43. The zero-order chi connectivity index (χ0) is 12.8. The SMILES string of the molecule is C=CCNc1c(NCCN(C)CC)c(=O)c1=O. The van der Waals surface area contributed by atoms with E-state index in [1.807, 2.05) is 7.05 Å². The van der Waals surface area contributed by atoms with Crippen molar-refractivity contribution in [2.75, 3.05) is 43.9 Å². The second kappa shape index (κ2) is 6.20. The maximum absolute atomic E-state index is 11.3. The van der Waals surface area contributed by atoms with Crippen LogP contribution in [0.2, 0.25) is 0 Å². The topological polar surface area (TPSA) is 61.4 Å². The number of anilines is 2. The zero-order valence-corrected chi connectivity index (χ0v) is 10.4. The molecule has 0 heterocycles. The Bertz CT molecular complexity index is 447. The molecule has 0 fully saturated rings. The van der Waals surface area contributed by atoms with Crippen molar-refractivity contribution in [3.05, 3.63) is 33.1 Å². The number of nitrogens with one attached hydrogen (secondary N) is 2. The number of likely N-dealkylation sites (N-methyl/N-ethyl adjacent to an activating group) is 1. The highest BCUT2D eigenvalue weighted by atomic mass is 16.2. The van der Waals surface area contributed by atoms with Crippen LogP contribution in [0.1, 0.15) is 6.92 Å². The lowest BCUT2D eigenvalue weighted by molar-refractivity contribution is 0.367. The maximum Gasteiger partial charge on any atom is 0.253 e. The first kappa shape index (κ1) is 13.4. The zero-order valence-electron chi connectivity index (χ0n) is 10.4. The van der Waals surface area contributed by atoms with Gasteiger partial charge in [0.05, 0.1) is 0 Å². The van der Waals surface area contributed by atoms with Crippen molar-refractivity contribution in [3.63, 3.8) is 0 Å². The fourth-order valence-corrected chi connectivity index (χ4v) is 1.43. The van der Waals surface area contributed by atoms with E-state index in [1.54, 1.807) is 6.08 Å². The third-order valence-corrected chi connectivity index (χ3v) is 2.67. The summed E-state index contributed by atoms with van der Waals surface area (Å²) in [5.41, 5.74) is -0.0932. The summed E-state index contributed by atoms with van der Waals surface area (Å²) < 4.78 is 0. The minimum absolute atomic E-state index is 0.383. The highest BCUT2D eigenvalue weighted by molar-refractivity contribution is 5.74. The summed E-state index contributed by atoms with van der Waals surface area (Å²) >= 11 is 0. The van der Waals surface area contributed by atoms with Crippen molar-refractivity contribution in [1.29, 1.82) is 0 Å². The van der Waals surface area contributed by atoms with E-state index in [0.717, 1.165) is 13.1 Å². The molecule has 0 amide bonds. The molecule has 0 aliphatic carbocycles. The van der Waals surface area contributed by atoms with Crippen LogP contribution in [0, 0.1) is 0 Å². The molecule has 1 aromatic rings. The normalized spacial score (nSPS) is 10.8. The minimum atomic E-state index is -0.446. The molecular formula is C12H19N3O2. The van der Waals surface area contributed by atoms with Crippen LogP contribution >= 0.6 is 0 Å². The van der Waals surface area contributed by atoms with Gasteiger partial charge < -0.3 is 15.5 Å². The first-order valence-electron chi connectivity index (χ1n) is 5.72. The molecule has 0 aromatic heterocycles. The Labute approximate surface area is 101 Å². The second-order valence-electron chi connectivity index (χ2n) is 3.90. The molecule has 0 atom stereocenters. The van der Waals surface area contributed by atoms with Crippen molar-refractivity contribution in [2.45, 2.75) is 6.92 Å². The molecule has 17 heavy (non-hydrogen) atoms. The number of hydrogen-bond donors (Lipinski definition) is 2. The van der Waals surface area contributed by atoms with Crippen molar-refractivity contribution in [3.8, 4) is 0 Å². The summed E-state index contributed by atoms with van der Waals surface area (Å²) in [7, 11) is 2.00. The Morgan fingerprint density at radius 2 is 1.82 bits per heavy atom. The van der Waals surface area contributed by atoms with Crippen molar-refractivity contribution in [1.82, 2.24) is 4.90 Å². The molecule has 0 spiro atoms. The fraction of sp³-hybridized carbons (Fsp3) is 0.500. The Morgan fingerprint density at radius 3 is 2.35 bits per heavy atom. The molecule has 1 rings (SSSR count). The van der Waals surface area contributed by atoms with E-state index in [1.165, 1.54) is 0 Å². The summed E-state index contributed by atoms with van der Waals surface area (Å²) in [6.45, 7) is 8.53. The van der Waals surface area contributed by atoms with Crippen molar-refractivity contribution >= 4 is 11.4 Å². The highest BCUT2D eigenvalue weighted by Crippen LogP contribution is 2.13. The molecule has 0 saturated carbocycles. The van der Waals surface area contributed by atoms with Gasteiger partial charge in [-0.05, 0) is 13.6 Å². The molecule has 5 heteroatoms. The van der Waals surface area contributed by atoms with Crippen LogP contribution in [0.25, 0.3) is 0 Å². The van der Waals surface area contributed by atoms with Crippen LogP contribution in [0.5, 0.6) is 0 Å². The second-order valence-corrected chi connectivity index (χ2v) is 3.90. The molecule has 0 aliphatic rings. The monoisotopic (exact) mass is 237 g/mol. The molecule has 0 aliphatic heterocycles. The average Bonchev–Trinajstić information content (AvgIpc) is 2.35. The Hall–Kier alpha value is -1.62. The Balaban J connectivity index is 2.53. The Kier molecular flexibility index (Phi) is 4.90. The number of hydrogen-bond acceptors (Lipinski definition) is 5. The van der Waals surface area contributed by atoms with Gasteiger partial charge in [0.15, 0.2) is 0 Å². The highest BCUT2D eigenvalue weighted by Gasteiger charge is 2.19. The van der Waals surface area contributed by atoms with Gasteiger partial charge in [-0.25, -0.2) is 0 Å². The van der Waals surface area contributed by atoms with Gasteiger partial charge in [0.25, 0.3) is 10.9 Å². The lowest BCUT2D eigenvalue weighted by atomic mass is 10.2. The summed E-state index contributed by atoms with van der Waals surface area (Å²) in [6.07, 6.45) is 1.64. The molecule has 2 N–H and O–H groups in total. The predicted octanol–water partition coefficient (Wildman–Crippen LogP) is 0.244. The molecular weight excluding hydrogens is 218 g/mol. The first-order valence-corrected chi connectivity index (χ1v) is 5.72. The number of rotatable bonds is 8. The van der Waals surface area contributed by atoms with Crippen LogP contribution in [-0.2, 0) is 0 Å². The van der Waals surface area contributed by atoms with Gasteiger partial charge in [0.1, 0.15) is 11.4 Å². The summed E-state index contributed by atoms with van der Waals surface area (Å²) in [5, 5.41) is 5.86. The van der Waals surface area contributed by atoms with Gasteiger partial charge in [0.2, 0.25) is 0 Å². The van der Waals surface area contributed by atoms with E-state index >= 15 is 0 Å². The predicted molar refractivity (Wildman–Crippen MR) is 71.7 cm³/mol. The maximum atomic E-state index is 11.3. The van der Waals surface area contributed by atoms with Gasteiger partial charge in [0, 0.05) is 19.6 Å². The third kappa shape index (κ3) is 3.17. The Morgan fingerprint density at radius 1 is 1.24 bits per heavy atom. The van der Waals surface area contributed by atoms with Gasteiger partial charge in [-0.1, -0.05) is 13.0 Å². The lowest BCUT2D eigenvalue weighted by Crippen LogP contribution is -2.38. The minimum Gasteiger partial charge on any atom is -0.379 e. The smallest absolute Gasteiger partial charge is 0.253 e. The van der Waals surface area contributed by atoms with Gasteiger partial charge in [-0.3, -0.25) is 9.59 Å². The van der Waals surface area contributed by atoms with Crippen molar-refractivity contribution in [2.24, 2.45) is 0 Å². The van der Waals surface area contributed by atoms with E-state index < -0.39 is 10.9 Å². The average molecular weight is 237 g/mol. The van der Waals surface area contributed by atoms with Crippen LogP contribution < -0.4 is 21.5 Å². The molecule has 0 unspecified atom stereocenters. The van der Waals surface area contributed by atoms with Crippen LogP contribution in [0.4, 0.5) is 11.4 Å². The summed E-state index contributed by atoms with van der Waals surface area (Å²) in [4.78, 5) is 24.7. The van der Waals surface area contributed by atoms with Gasteiger partial charge >= 0.3 is 0 Å². The standard InChI is InChI=1S/C12H19N3O2/c1-4-6-13-9-10(12(17)11(9)16)14-7-8-15(3)5-2/h4,13-14H,1,5-8H2,2-3H3. The number of nitrogens with zero attached hydrogens (tertiary/aromatic N) is 1. The van der Waals surface area contributed by atoms with Crippen molar-refractivity contribution < 1.29 is 0 Å². The molecule has 0 saturated heterocycles.